The Kier molecular flexibility index (Phi) is 4.02. The summed E-state index contributed by atoms with van der Waals surface area (Å²) in [5.74, 6) is -0.482. The largest absolute Gasteiger partial charge is 0.489 e. The summed E-state index contributed by atoms with van der Waals surface area (Å²) in [6.07, 6.45) is 0. The molecule has 0 aromatic heterocycles. The van der Waals surface area contributed by atoms with Crippen molar-refractivity contribution in [2.45, 2.75) is 13.5 Å². The minimum absolute atomic E-state index is 0.180. The zero-order valence-corrected chi connectivity index (χ0v) is 11.0. The smallest absolute Gasteiger partial charge is 0.335 e. The maximum atomic E-state index is 10.9. The van der Waals surface area contributed by atoms with E-state index in [1.54, 1.807) is 18.2 Å². The summed E-state index contributed by atoms with van der Waals surface area (Å²) in [6.45, 7) is 2.07. The van der Waals surface area contributed by atoms with Crippen LogP contribution in [0.5, 0.6) is 5.75 Å². The summed E-state index contributed by atoms with van der Waals surface area (Å²) in [6, 6.07) is 14.0. The molecule has 0 atom stereocenters. The standard InChI is InChI=1S/C16H13NO3/c1-11-6-7-12(16(18)19)8-15(11)20-10-14-5-3-2-4-13(14)9-17/h2-8H,10H2,1H3,(H,18,19). The van der Waals surface area contributed by atoms with E-state index >= 15 is 0 Å². The van der Waals surface area contributed by atoms with E-state index in [9.17, 15) is 4.79 Å². The minimum atomic E-state index is -0.993. The van der Waals surface area contributed by atoms with E-state index in [1.165, 1.54) is 12.1 Å². The number of nitrogens with zero attached hydrogens (tertiary/aromatic N) is 1. The highest BCUT2D eigenvalue weighted by molar-refractivity contribution is 5.88. The number of carboxylic acid groups (broad SMARTS) is 1. The van der Waals surface area contributed by atoms with E-state index in [1.807, 2.05) is 19.1 Å². The Labute approximate surface area is 116 Å². The van der Waals surface area contributed by atoms with Crippen LogP contribution in [0.15, 0.2) is 42.5 Å². The Bertz CT molecular complexity index is 686. The summed E-state index contributed by atoms with van der Waals surface area (Å²) in [7, 11) is 0. The topological polar surface area (TPSA) is 70.3 Å². The number of carboxylic acids is 1. The average Bonchev–Trinajstić information content (AvgIpc) is 2.46. The van der Waals surface area contributed by atoms with E-state index in [4.69, 9.17) is 15.1 Å². The van der Waals surface area contributed by atoms with E-state index in [-0.39, 0.29) is 12.2 Å². The lowest BCUT2D eigenvalue weighted by Crippen LogP contribution is -2.02. The molecule has 100 valence electrons. The van der Waals surface area contributed by atoms with Gasteiger partial charge in [-0.15, -0.1) is 0 Å². The van der Waals surface area contributed by atoms with E-state index in [0.29, 0.717) is 11.3 Å². The molecule has 2 aromatic carbocycles. The molecule has 0 heterocycles. The number of ether oxygens (including phenoxy) is 1. The third-order valence-corrected chi connectivity index (χ3v) is 2.96. The molecule has 0 spiro atoms. The lowest BCUT2D eigenvalue weighted by molar-refractivity contribution is 0.0696. The summed E-state index contributed by atoms with van der Waals surface area (Å²) >= 11 is 0. The molecule has 0 bridgehead atoms. The first-order valence-corrected chi connectivity index (χ1v) is 6.06. The van der Waals surface area contributed by atoms with Crippen molar-refractivity contribution in [1.29, 1.82) is 5.26 Å². The van der Waals surface area contributed by atoms with Gasteiger partial charge in [0.1, 0.15) is 12.4 Å². The Balaban J connectivity index is 2.21. The maximum absolute atomic E-state index is 10.9. The second kappa shape index (κ2) is 5.89. The van der Waals surface area contributed by atoms with Crippen molar-refractivity contribution >= 4 is 5.97 Å². The summed E-state index contributed by atoms with van der Waals surface area (Å²) in [4.78, 5) is 10.9. The van der Waals surface area contributed by atoms with Gasteiger partial charge in [0.15, 0.2) is 0 Å². The Morgan fingerprint density at radius 3 is 2.75 bits per heavy atom. The molecule has 0 aliphatic rings. The number of aryl methyl sites for hydroxylation is 1. The van der Waals surface area contributed by atoms with Crippen molar-refractivity contribution in [2.24, 2.45) is 0 Å². The van der Waals surface area contributed by atoms with Gasteiger partial charge in [-0.1, -0.05) is 24.3 Å². The zero-order valence-electron chi connectivity index (χ0n) is 11.0. The van der Waals surface area contributed by atoms with Crippen molar-refractivity contribution in [2.75, 3.05) is 0 Å². The quantitative estimate of drug-likeness (QED) is 0.923. The molecule has 0 fully saturated rings. The Morgan fingerprint density at radius 2 is 2.05 bits per heavy atom. The van der Waals surface area contributed by atoms with Gasteiger partial charge < -0.3 is 9.84 Å². The van der Waals surface area contributed by atoms with Crippen LogP contribution in [0.1, 0.15) is 27.0 Å². The Morgan fingerprint density at radius 1 is 1.30 bits per heavy atom. The highest BCUT2D eigenvalue weighted by Crippen LogP contribution is 2.21. The first-order chi connectivity index (χ1) is 9.61. The SMILES string of the molecule is Cc1ccc(C(=O)O)cc1OCc1ccccc1C#N. The molecular formula is C16H13NO3. The van der Waals surface area contributed by atoms with Gasteiger partial charge in [-0.3, -0.25) is 0 Å². The Hall–Kier alpha value is -2.80. The third kappa shape index (κ3) is 2.96. The minimum Gasteiger partial charge on any atom is -0.489 e. The van der Waals surface area contributed by atoms with Crippen LogP contribution in [0, 0.1) is 18.3 Å². The number of rotatable bonds is 4. The fourth-order valence-electron chi connectivity index (χ4n) is 1.80. The molecule has 0 aliphatic heterocycles. The molecule has 20 heavy (non-hydrogen) atoms. The van der Waals surface area contributed by atoms with Gasteiger partial charge in [0, 0.05) is 5.56 Å². The number of aromatic carboxylic acids is 1. The molecule has 2 rings (SSSR count). The molecule has 0 radical (unpaired) electrons. The number of benzene rings is 2. The highest BCUT2D eigenvalue weighted by Gasteiger charge is 2.08. The summed E-state index contributed by atoms with van der Waals surface area (Å²) in [5, 5.41) is 18.0. The highest BCUT2D eigenvalue weighted by atomic mass is 16.5. The predicted octanol–water partition coefficient (Wildman–Crippen LogP) is 3.14. The normalized spacial score (nSPS) is 9.80. The van der Waals surface area contributed by atoms with Gasteiger partial charge >= 0.3 is 5.97 Å². The predicted molar refractivity (Wildman–Crippen MR) is 73.6 cm³/mol. The molecule has 0 saturated heterocycles. The summed E-state index contributed by atoms with van der Waals surface area (Å²) in [5.41, 5.74) is 2.36. The molecule has 1 N–H and O–H groups in total. The van der Waals surface area contributed by atoms with Gasteiger partial charge in [-0.2, -0.15) is 5.26 Å². The third-order valence-electron chi connectivity index (χ3n) is 2.96. The van der Waals surface area contributed by atoms with Gasteiger partial charge in [-0.25, -0.2) is 4.79 Å². The van der Waals surface area contributed by atoms with Crippen LogP contribution < -0.4 is 4.74 Å². The summed E-state index contributed by atoms with van der Waals surface area (Å²) < 4.78 is 5.64. The van der Waals surface area contributed by atoms with E-state index in [0.717, 1.165) is 11.1 Å². The average molecular weight is 267 g/mol. The van der Waals surface area contributed by atoms with E-state index in [2.05, 4.69) is 6.07 Å². The molecule has 0 saturated carbocycles. The fourth-order valence-corrected chi connectivity index (χ4v) is 1.80. The molecular weight excluding hydrogens is 254 g/mol. The number of hydrogen-bond donors (Lipinski definition) is 1. The van der Waals surface area contributed by atoms with Crippen LogP contribution in [-0.2, 0) is 6.61 Å². The fraction of sp³-hybridized carbons (Fsp3) is 0.125. The second-order valence-electron chi connectivity index (χ2n) is 4.34. The van der Waals surface area contributed by atoms with Crippen molar-refractivity contribution in [1.82, 2.24) is 0 Å². The van der Waals surface area contributed by atoms with Gasteiger partial charge in [0.05, 0.1) is 17.2 Å². The van der Waals surface area contributed by atoms with Crippen LogP contribution in [0.25, 0.3) is 0 Å². The van der Waals surface area contributed by atoms with Crippen molar-refractivity contribution in [3.63, 3.8) is 0 Å². The van der Waals surface area contributed by atoms with Crippen LogP contribution in [0.2, 0.25) is 0 Å². The van der Waals surface area contributed by atoms with E-state index < -0.39 is 5.97 Å². The first kappa shape index (κ1) is 13.6. The molecule has 0 unspecified atom stereocenters. The van der Waals surface area contributed by atoms with Crippen molar-refractivity contribution < 1.29 is 14.6 Å². The second-order valence-corrected chi connectivity index (χ2v) is 4.34. The van der Waals surface area contributed by atoms with Crippen LogP contribution in [0.3, 0.4) is 0 Å². The maximum Gasteiger partial charge on any atom is 0.335 e. The van der Waals surface area contributed by atoms with Gasteiger partial charge in [0.25, 0.3) is 0 Å². The molecule has 0 aliphatic carbocycles. The lowest BCUT2D eigenvalue weighted by atomic mass is 10.1. The lowest BCUT2D eigenvalue weighted by Gasteiger charge is -2.10. The van der Waals surface area contributed by atoms with Crippen molar-refractivity contribution in [3.8, 4) is 11.8 Å². The molecule has 4 nitrogen and oxygen atoms in total. The monoisotopic (exact) mass is 267 g/mol. The molecule has 2 aromatic rings. The van der Waals surface area contributed by atoms with Crippen molar-refractivity contribution in [3.05, 3.63) is 64.7 Å². The van der Waals surface area contributed by atoms with Crippen LogP contribution in [0.4, 0.5) is 0 Å². The van der Waals surface area contributed by atoms with Gasteiger partial charge in [0.2, 0.25) is 0 Å². The first-order valence-electron chi connectivity index (χ1n) is 6.06. The molecule has 0 amide bonds. The van der Waals surface area contributed by atoms with Crippen LogP contribution >= 0.6 is 0 Å². The number of hydrogen-bond acceptors (Lipinski definition) is 3. The molecule has 4 heteroatoms. The van der Waals surface area contributed by atoms with Gasteiger partial charge in [-0.05, 0) is 30.7 Å². The number of carbonyl (C=O) groups is 1. The number of nitriles is 1. The zero-order chi connectivity index (χ0) is 14.5. The van der Waals surface area contributed by atoms with Crippen LogP contribution in [-0.4, -0.2) is 11.1 Å².